The summed E-state index contributed by atoms with van der Waals surface area (Å²) in [6.07, 6.45) is 3.36. The standard InChI is InChI=1S/C13H11ClN2O2/c1-8-4-10(7-15-6-8)16-12-3-2-9(14)5-11(12)13(17)18/h2-7,16H,1H3,(H,17,18). The zero-order valence-electron chi connectivity index (χ0n) is 9.64. The van der Waals surface area contributed by atoms with Gasteiger partial charge in [-0.2, -0.15) is 0 Å². The van der Waals surface area contributed by atoms with Gasteiger partial charge in [0, 0.05) is 11.2 Å². The van der Waals surface area contributed by atoms with E-state index in [-0.39, 0.29) is 5.56 Å². The molecule has 2 aromatic rings. The van der Waals surface area contributed by atoms with Gasteiger partial charge in [0.15, 0.2) is 0 Å². The van der Waals surface area contributed by atoms with Gasteiger partial charge in [-0.1, -0.05) is 11.6 Å². The van der Waals surface area contributed by atoms with E-state index in [1.807, 2.05) is 13.0 Å². The van der Waals surface area contributed by atoms with Crippen molar-refractivity contribution in [3.05, 3.63) is 52.8 Å². The van der Waals surface area contributed by atoms with E-state index in [2.05, 4.69) is 10.3 Å². The number of nitrogens with zero attached hydrogens (tertiary/aromatic N) is 1. The van der Waals surface area contributed by atoms with Crippen molar-refractivity contribution in [1.29, 1.82) is 0 Å². The predicted molar refractivity (Wildman–Crippen MR) is 70.7 cm³/mol. The van der Waals surface area contributed by atoms with Crippen LogP contribution < -0.4 is 5.32 Å². The lowest BCUT2D eigenvalue weighted by Gasteiger charge is -2.10. The van der Waals surface area contributed by atoms with E-state index in [0.29, 0.717) is 10.7 Å². The molecule has 92 valence electrons. The normalized spacial score (nSPS) is 10.1. The maximum absolute atomic E-state index is 11.1. The predicted octanol–water partition coefficient (Wildman–Crippen LogP) is 3.49. The molecule has 0 aliphatic rings. The highest BCUT2D eigenvalue weighted by Gasteiger charge is 2.10. The maximum Gasteiger partial charge on any atom is 0.337 e. The van der Waals surface area contributed by atoms with Crippen LogP contribution >= 0.6 is 11.6 Å². The first kappa shape index (κ1) is 12.4. The number of aryl methyl sites for hydroxylation is 1. The topological polar surface area (TPSA) is 62.2 Å². The van der Waals surface area contributed by atoms with Crippen LogP contribution in [0.3, 0.4) is 0 Å². The third kappa shape index (κ3) is 2.78. The number of hydrogen-bond acceptors (Lipinski definition) is 3. The van der Waals surface area contributed by atoms with Crippen molar-refractivity contribution in [3.63, 3.8) is 0 Å². The van der Waals surface area contributed by atoms with E-state index < -0.39 is 5.97 Å². The zero-order valence-corrected chi connectivity index (χ0v) is 10.4. The quantitative estimate of drug-likeness (QED) is 0.889. The van der Waals surface area contributed by atoms with Crippen LogP contribution in [0, 0.1) is 6.92 Å². The lowest BCUT2D eigenvalue weighted by atomic mass is 10.1. The molecule has 4 nitrogen and oxygen atoms in total. The number of pyridine rings is 1. The maximum atomic E-state index is 11.1. The van der Waals surface area contributed by atoms with Gasteiger partial charge >= 0.3 is 5.97 Å². The summed E-state index contributed by atoms with van der Waals surface area (Å²) < 4.78 is 0. The molecule has 18 heavy (non-hydrogen) atoms. The van der Waals surface area contributed by atoms with E-state index >= 15 is 0 Å². The fraction of sp³-hybridized carbons (Fsp3) is 0.0769. The number of carboxylic acids is 1. The van der Waals surface area contributed by atoms with Crippen molar-refractivity contribution in [2.45, 2.75) is 6.92 Å². The van der Waals surface area contributed by atoms with E-state index in [1.165, 1.54) is 6.07 Å². The molecule has 5 heteroatoms. The molecule has 0 aliphatic heterocycles. The summed E-state index contributed by atoms with van der Waals surface area (Å²) in [7, 11) is 0. The summed E-state index contributed by atoms with van der Waals surface area (Å²) in [4.78, 5) is 15.2. The Kier molecular flexibility index (Phi) is 3.48. The number of anilines is 2. The minimum absolute atomic E-state index is 0.129. The van der Waals surface area contributed by atoms with Gasteiger partial charge in [0.25, 0.3) is 0 Å². The highest BCUT2D eigenvalue weighted by molar-refractivity contribution is 6.31. The van der Waals surface area contributed by atoms with E-state index in [4.69, 9.17) is 16.7 Å². The molecule has 1 heterocycles. The summed E-state index contributed by atoms with van der Waals surface area (Å²) >= 11 is 5.79. The zero-order chi connectivity index (χ0) is 13.1. The van der Waals surface area contributed by atoms with Crippen molar-refractivity contribution in [3.8, 4) is 0 Å². The highest BCUT2D eigenvalue weighted by Crippen LogP contribution is 2.24. The molecule has 0 saturated heterocycles. The van der Waals surface area contributed by atoms with Crippen molar-refractivity contribution >= 4 is 28.9 Å². The Balaban J connectivity index is 2.37. The fourth-order valence-corrected chi connectivity index (χ4v) is 1.75. The number of rotatable bonds is 3. The Hall–Kier alpha value is -2.07. The summed E-state index contributed by atoms with van der Waals surface area (Å²) in [6.45, 7) is 1.91. The third-order valence-electron chi connectivity index (χ3n) is 2.37. The average molecular weight is 263 g/mol. The van der Waals surface area contributed by atoms with Gasteiger partial charge in [-0.25, -0.2) is 4.79 Å². The van der Waals surface area contributed by atoms with Gasteiger partial charge < -0.3 is 10.4 Å². The number of carboxylic acid groups (broad SMARTS) is 1. The Bertz CT molecular complexity index is 599. The number of halogens is 1. The number of aromatic nitrogens is 1. The van der Waals surface area contributed by atoms with Crippen LogP contribution in [0.1, 0.15) is 15.9 Å². The monoisotopic (exact) mass is 262 g/mol. The molecular formula is C13H11ClN2O2. The lowest BCUT2D eigenvalue weighted by molar-refractivity contribution is 0.0698. The molecule has 0 bridgehead atoms. The Morgan fingerprint density at radius 2 is 2.11 bits per heavy atom. The van der Waals surface area contributed by atoms with Gasteiger partial charge in [-0.05, 0) is 36.8 Å². The molecule has 1 aromatic heterocycles. The molecule has 0 atom stereocenters. The Labute approximate surface area is 109 Å². The summed E-state index contributed by atoms with van der Waals surface area (Å²) in [6, 6.07) is 6.57. The smallest absolute Gasteiger partial charge is 0.337 e. The Morgan fingerprint density at radius 3 is 2.78 bits per heavy atom. The number of aromatic carboxylic acids is 1. The fourth-order valence-electron chi connectivity index (χ4n) is 1.58. The number of nitrogens with one attached hydrogen (secondary N) is 1. The molecule has 2 rings (SSSR count). The first-order valence-corrected chi connectivity index (χ1v) is 5.65. The number of benzene rings is 1. The molecule has 0 radical (unpaired) electrons. The second kappa shape index (κ2) is 5.06. The highest BCUT2D eigenvalue weighted by atomic mass is 35.5. The summed E-state index contributed by atoms with van der Waals surface area (Å²) in [5, 5.41) is 12.5. The van der Waals surface area contributed by atoms with Crippen molar-refractivity contribution in [2.75, 3.05) is 5.32 Å². The molecule has 0 saturated carbocycles. The second-order valence-electron chi connectivity index (χ2n) is 3.87. The van der Waals surface area contributed by atoms with E-state index in [0.717, 1.165) is 11.3 Å². The van der Waals surface area contributed by atoms with Crippen LogP contribution in [0.4, 0.5) is 11.4 Å². The molecule has 0 unspecified atom stereocenters. The summed E-state index contributed by atoms with van der Waals surface area (Å²) in [5.74, 6) is -1.03. The van der Waals surface area contributed by atoms with Gasteiger partial charge in [0.1, 0.15) is 0 Å². The second-order valence-corrected chi connectivity index (χ2v) is 4.31. The minimum Gasteiger partial charge on any atom is -0.478 e. The Morgan fingerprint density at radius 1 is 1.33 bits per heavy atom. The first-order valence-electron chi connectivity index (χ1n) is 5.28. The third-order valence-corrected chi connectivity index (χ3v) is 2.60. The molecule has 1 aromatic carbocycles. The lowest BCUT2D eigenvalue weighted by Crippen LogP contribution is -2.03. The SMILES string of the molecule is Cc1cncc(Nc2ccc(Cl)cc2C(=O)O)c1. The molecule has 0 amide bonds. The molecular weight excluding hydrogens is 252 g/mol. The van der Waals surface area contributed by atoms with Crippen LogP contribution in [-0.2, 0) is 0 Å². The largest absolute Gasteiger partial charge is 0.478 e. The minimum atomic E-state index is -1.03. The van der Waals surface area contributed by atoms with E-state index in [1.54, 1.807) is 24.5 Å². The van der Waals surface area contributed by atoms with E-state index in [9.17, 15) is 4.79 Å². The van der Waals surface area contributed by atoms with Gasteiger partial charge in [-0.3, -0.25) is 4.98 Å². The summed E-state index contributed by atoms with van der Waals surface area (Å²) in [5.41, 5.74) is 2.34. The van der Waals surface area contributed by atoms with Crippen LogP contribution in [0.15, 0.2) is 36.7 Å². The molecule has 0 fully saturated rings. The average Bonchev–Trinajstić information content (AvgIpc) is 2.31. The van der Waals surface area contributed by atoms with Crippen LogP contribution in [-0.4, -0.2) is 16.1 Å². The van der Waals surface area contributed by atoms with Crippen LogP contribution in [0.5, 0.6) is 0 Å². The molecule has 0 spiro atoms. The molecule has 2 N–H and O–H groups in total. The van der Waals surface area contributed by atoms with Crippen molar-refractivity contribution in [1.82, 2.24) is 4.98 Å². The molecule has 0 aliphatic carbocycles. The number of carbonyl (C=O) groups is 1. The first-order chi connectivity index (χ1) is 8.56. The van der Waals surface area contributed by atoms with Gasteiger partial charge in [0.05, 0.1) is 23.1 Å². The number of hydrogen-bond donors (Lipinski definition) is 2. The van der Waals surface area contributed by atoms with Crippen LogP contribution in [0.2, 0.25) is 5.02 Å². The van der Waals surface area contributed by atoms with Crippen molar-refractivity contribution in [2.24, 2.45) is 0 Å². The van der Waals surface area contributed by atoms with Gasteiger partial charge in [-0.15, -0.1) is 0 Å². The van der Waals surface area contributed by atoms with Crippen molar-refractivity contribution < 1.29 is 9.90 Å². The van der Waals surface area contributed by atoms with Gasteiger partial charge in [0.2, 0.25) is 0 Å². The van der Waals surface area contributed by atoms with Crippen LogP contribution in [0.25, 0.3) is 0 Å².